The fraction of sp³-hybridized carbons (Fsp3) is 0.750. The van der Waals surface area contributed by atoms with E-state index in [-0.39, 0.29) is 19.0 Å². The fourth-order valence-electron chi connectivity index (χ4n) is 0.226. The van der Waals surface area contributed by atoms with Crippen LogP contribution in [0, 0.1) is 0 Å². The zero-order chi connectivity index (χ0) is 6.57. The number of aliphatic hydroxyl groups is 1. The summed E-state index contributed by atoms with van der Waals surface area (Å²) in [5.41, 5.74) is 5.00. The highest BCUT2D eigenvalue weighted by atomic mass is 35.5. The lowest BCUT2D eigenvalue weighted by molar-refractivity contribution is -0.143. The van der Waals surface area contributed by atoms with E-state index in [1.807, 2.05) is 0 Å². The molecule has 0 aliphatic rings. The predicted molar refractivity (Wildman–Crippen MR) is 27.1 cm³/mol. The number of hydrogen-bond acceptors (Lipinski definition) is 4. The summed E-state index contributed by atoms with van der Waals surface area (Å²) in [4.78, 5) is 10.2. The molecule has 0 fully saturated rings. The first-order valence-electron chi connectivity index (χ1n) is 2.16. The largest absolute Gasteiger partial charge is 1.00 e. The Balaban J connectivity index is 0. The molecule has 9 heavy (non-hydrogen) atoms. The van der Waals surface area contributed by atoms with Crippen molar-refractivity contribution < 1.29 is 27.0 Å². The normalized spacial score (nSPS) is 11.4. The molecule has 0 aromatic heterocycles. The maximum Gasteiger partial charge on any atom is 0.325 e. The van der Waals surface area contributed by atoms with Gasteiger partial charge in [-0.15, -0.1) is 0 Å². The first kappa shape index (κ1) is 11.5. The average molecular weight is 155 g/mol. The number of halogens is 1. The molecule has 0 heterocycles. The highest BCUT2D eigenvalue weighted by Gasteiger charge is 2.10. The summed E-state index contributed by atoms with van der Waals surface area (Å²) in [5, 5.41) is 8.21. The molecule has 4 nitrogen and oxygen atoms in total. The van der Waals surface area contributed by atoms with E-state index < -0.39 is 12.0 Å². The molecule has 0 saturated carbocycles. The second-order valence-electron chi connectivity index (χ2n) is 1.31. The predicted octanol–water partition coefficient (Wildman–Crippen LogP) is -4.52. The van der Waals surface area contributed by atoms with Gasteiger partial charge in [0.2, 0.25) is 0 Å². The number of nitrogens with two attached hydrogens (primary N) is 1. The Morgan fingerprint density at radius 1 is 1.89 bits per heavy atom. The van der Waals surface area contributed by atoms with Crippen LogP contribution in [-0.2, 0) is 9.53 Å². The number of carbonyl (C=O) groups excluding carboxylic acids is 1. The minimum absolute atomic E-state index is 0. The van der Waals surface area contributed by atoms with Gasteiger partial charge in [-0.05, 0) is 0 Å². The second-order valence-corrected chi connectivity index (χ2v) is 1.31. The Kier molecular flexibility index (Phi) is 7.41. The smallest absolute Gasteiger partial charge is 0.325 e. The third-order valence-electron chi connectivity index (χ3n) is 0.701. The van der Waals surface area contributed by atoms with Crippen molar-refractivity contribution in [2.75, 3.05) is 13.7 Å². The number of hydrogen-bond donors (Lipinski definition) is 2. The van der Waals surface area contributed by atoms with Crippen LogP contribution in [0.1, 0.15) is 0 Å². The molecular weight excluding hydrogens is 146 g/mol. The third-order valence-corrected chi connectivity index (χ3v) is 0.701. The van der Waals surface area contributed by atoms with E-state index in [4.69, 9.17) is 10.8 Å². The van der Waals surface area contributed by atoms with Crippen LogP contribution in [0.3, 0.4) is 0 Å². The van der Waals surface area contributed by atoms with Crippen molar-refractivity contribution in [2.24, 2.45) is 5.73 Å². The molecule has 0 bridgehead atoms. The van der Waals surface area contributed by atoms with Gasteiger partial charge in [-0.3, -0.25) is 4.79 Å². The average Bonchev–Trinajstić information content (AvgIpc) is 1.84. The molecule has 0 aliphatic heterocycles. The van der Waals surface area contributed by atoms with Crippen molar-refractivity contribution in [1.29, 1.82) is 0 Å². The fourth-order valence-corrected chi connectivity index (χ4v) is 0.226. The SMILES string of the molecule is COC(=O)C(N)CO.[Cl-]. The molecule has 0 aliphatic carbocycles. The lowest BCUT2D eigenvalue weighted by atomic mass is 10.3. The second kappa shape index (κ2) is 5.81. The number of ether oxygens (including phenoxy) is 1. The monoisotopic (exact) mass is 154 g/mol. The van der Waals surface area contributed by atoms with Gasteiger partial charge in [-0.25, -0.2) is 0 Å². The summed E-state index contributed by atoms with van der Waals surface area (Å²) in [6.45, 7) is -0.368. The summed E-state index contributed by atoms with van der Waals surface area (Å²) in [7, 11) is 1.22. The van der Waals surface area contributed by atoms with Gasteiger partial charge in [-0.1, -0.05) is 0 Å². The van der Waals surface area contributed by atoms with Crippen LogP contribution in [0.5, 0.6) is 0 Å². The van der Waals surface area contributed by atoms with E-state index in [9.17, 15) is 4.79 Å². The van der Waals surface area contributed by atoms with E-state index in [0.29, 0.717) is 0 Å². The van der Waals surface area contributed by atoms with Gasteiger partial charge in [0, 0.05) is 0 Å². The summed E-state index contributed by atoms with van der Waals surface area (Å²) >= 11 is 0. The standard InChI is InChI=1S/C4H9NO3.ClH/c1-8-4(7)3(5)2-6;/h3,6H,2,5H2,1H3;1H/p-1. The Morgan fingerprint density at radius 3 is 2.44 bits per heavy atom. The zero-order valence-electron chi connectivity index (χ0n) is 5.00. The lowest BCUT2D eigenvalue weighted by Crippen LogP contribution is -3.00. The first-order chi connectivity index (χ1) is 3.72. The summed E-state index contributed by atoms with van der Waals surface area (Å²) in [6, 6.07) is -0.889. The molecule has 5 heteroatoms. The van der Waals surface area contributed by atoms with Gasteiger partial charge in [0.15, 0.2) is 0 Å². The maximum atomic E-state index is 10.2. The number of methoxy groups -OCH3 is 1. The van der Waals surface area contributed by atoms with Crippen LogP contribution in [0.2, 0.25) is 0 Å². The van der Waals surface area contributed by atoms with Crippen LogP contribution in [0.15, 0.2) is 0 Å². The number of rotatable bonds is 2. The van der Waals surface area contributed by atoms with E-state index >= 15 is 0 Å². The molecule has 0 amide bonds. The number of esters is 1. The van der Waals surface area contributed by atoms with Gasteiger partial charge in [0.1, 0.15) is 6.04 Å². The third kappa shape index (κ3) is 4.20. The summed E-state index contributed by atoms with van der Waals surface area (Å²) in [6.07, 6.45) is 0. The molecule has 0 rings (SSSR count). The van der Waals surface area contributed by atoms with E-state index in [0.717, 1.165) is 0 Å². The van der Waals surface area contributed by atoms with Gasteiger partial charge in [0.05, 0.1) is 13.7 Å². The van der Waals surface area contributed by atoms with Crippen molar-refractivity contribution in [3.63, 3.8) is 0 Å². The van der Waals surface area contributed by atoms with Gasteiger partial charge < -0.3 is 28.0 Å². The Hall–Kier alpha value is -0.320. The molecule has 0 saturated heterocycles. The molecule has 0 aromatic carbocycles. The highest BCUT2D eigenvalue weighted by Crippen LogP contribution is 1.78. The van der Waals surface area contributed by atoms with Crippen molar-refractivity contribution in [3.05, 3.63) is 0 Å². The lowest BCUT2D eigenvalue weighted by Gasteiger charge is -2.02. The summed E-state index contributed by atoms with van der Waals surface area (Å²) in [5.74, 6) is -0.590. The summed E-state index contributed by atoms with van der Waals surface area (Å²) < 4.78 is 4.18. The van der Waals surface area contributed by atoms with Gasteiger partial charge in [0.25, 0.3) is 0 Å². The van der Waals surface area contributed by atoms with Gasteiger partial charge >= 0.3 is 5.97 Å². The molecule has 1 unspecified atom stereocenters. The Bertz CT molecular complexity index is 87.9. The number of aliphatic hydroxyl groups excluding tert-OH is 1. The van der Waals surface area contributed by atoms with Crippen LogP contribution in [0.25, 0.3) is 0 Å². The molecule has 3 N–H and O–H groups in total. The van der Waals surface area contributed by atoms with Crippen LogP contribution < -0.4 is 18.1 Å². The molecule has 0 aromatic rings. The first-order valence-corrected chi connectivity index (χ1v) is 2.16. The van der Waals surface area contributed by atoms with Crippen molar-refractivity contribution in [2.45, 2.75) is 6.04 Å². The molecular formula is C4H9ClNO3-. The molecule has 0 radical (unpaired) electrons. The molecule has 56 valence electrons. The highest BCUT2D eigenvalue weighted by molar-refractivity contribution is 5.75. The van der Waals surface area contributed by atoms with E-state index in [2.05, 4.69) is 4.74 Å². The molecule has 0 spiro atoms. The quantitative estimate of drug-likeness (QED) is 0.393. The van der Waals surface area contributed by atoms with Crippen molar-refractivity contribution in [3.8, 4) is 0 Å². The minimum Gasteiger partial charge on any atom is -1.00 e. The topological polar surface area (TPSA) is 72.5 Å². The minimum atomic E-state index is -0.889. The van der Waals surface area contributed by atoms with Crippen molar-refractivity contribution >= 4 is 5.97 Å². The van der Waals surface area contributed by atoms with Crippen LogP contribution in [-0.4, -0.2) is 30.8 Å². The van der Waals surface area contributed by atoms with Crippen molar-refractivity contribution in [1.82, 2.24) is 0 Å². The molecule has 1 atom stereocenters. The van der Waals surface area contributed by atoms with Crippen LogP contribution >= 0.6 is 0 Å². The number of carbonyl (C=O) groups is 1. The Morgan fingerprint density at radius 2 is 2.33 bits per heavy atom. The Labute approximate surface area is 59.4 Å². The van der Waals surface area contributed by atoms with Gasteiger partial charge in [-0.2, -0.15) is 0 Å². The van der Waals surface area contributed by atoms with Crippen LogP contribution in [0.4, 0.5) is 0 Å². The zero-order valence-corrected chi connectivity index (χ0v) is 5.76. The van der Waals surface area contributed by atoms with E-state index in [1.54, 1.807) is 0 Å². The van der Waals surface area contributed by atoms with E-state index in [1.165, 1.54) is 7.11 Å². The maximum absolute atomic E-state index is 10.2.